The fourth-order valence-electron chi connectivity index (χ4n) is 5.80. The second-order valence-electron chi connectivity index (χ2n) is 14.2. The van der Waals surface area contributed by atoms with E-state index in [0.717, 1.165) is 57.6 Å². The number of hydrogen-bond donors (Lipinski definition) is 2. The summed E-state index contributed by atoms with van der Waals surface area (Å²) in [5.74, 6) is -0.232. The highest BCUT2D eigenvalue weighted by atomic mass is 35.5. The van der Waals surface area contributed by atoms with E-state index in [4.69, 9.17) is 0 Å². The van der Waals surface area contributed by atoms with Gasteiger partial charge in [0.2, 0.25) is 0 Å². The monoisotopic (exact) mass is 716 g/mol. The number of rotatable bonds is 16. The number of carbonyl (C=O) groups is 2. The summed E-state index contributed by atoms with van der Waals surface area (Å²) in [6, 6.07) is 31.5. The maximum absolute atomic E-state index is 12.9. The number of halogens is 2. The molecule has 2 amide bonds. The van der Waals surface area contributed by atoms with E-state index in [-0.39, 0.29) is 36.6 Å². The SMILES string of the molecule is CCCC[N+](C)(C)Cc1ccc(C(=O)Nc2ccc(/C=C/c3ccc(NC(=O)c4ccc(C[N+](C)(C)CCCC)cc4)cc3)cc2)cc1.[Cl-].[Cl-]. The van der Waals surface area contributed by atoms with E-state index in [2.05, 4.69) is 76.9 Å². The Kier molecular flexibility index (Phi) is 16.9. The van der Waals surface area contributed by atoms with Gasteiger partial charge in [-0.05, 0) is 72.5 Å². The molecule has 50 heavy (non-hydrogen) atoms. The molecule has 0 saturated heterocycles. The van der Waals surface area contributed by atoms with E-state index < -0.39 is 0 Å². The molecule has 4 aromatic carbocycles. The molecule has 0 radical (unpaired) electrons. The quantitative estimate of drug-likeness (QED) is 0.138. The molecule has 268 valence electrons. The van der Waals surface area contributed by atoms with E-state index in [1.165, 1.54) is 36.8 Å². The number of quaternary nitrogens is 2. The van der Waals surface area contributed by atoms with Crippen LogP contribution >= 0.6 is 0 Å². The minimum atomic E-state index is -0.116. The zero-order chi connectivity index (χ0) is 34.6. The van der Waals surface area contributed by atoms with Gasteiger partial charge in [0.05, 0.1) is 41.3 Å². The van der Waals surface area contributed by atoms with Crippen LogP contribution in [0.4, 0.5) is 11.4 Å². The molecule has 0 aliphatic carbocycles. The van der Waals surface area contributed by atoms with Crippen LogP contribution in [0.2, 0.25) is 0 Å². The third-order valence-electron chi connectivity index (χ3n) is 8.69. The van der Waals surface area contributed by atoms with Gasteiger partial charge >= 0.3 is 0 Å². The number of carbonyl (C=O) groups excluding carboxylic acids is 2. The normalized spacial score (nSPS) is 11.4. The van der Waals surface area contributed by atoms with Gasteiger partial charge < -0.3 is 44.4 Å². The van der Waals surface area contributed by atoms with Crippen LogP contribution in [0.3, 0.4) is 0 Å². The van der Waals surface area contributed by atoms with Crippen molar-refractivity contribution in [2.45, 2.75) is 52.6 Å². The second kappa shape index (κ2) is 20.0. The molecule has 0 unspecified atom stereocenters. The Labute approximate surface area is 312 Å². The van der Waals surface area contributed by atoms with Crippen LogP contribution in [-0.4, -0.2) is 62.1 Å². The summed E-state index contributed by atoms with van der Waals surface area (Å²) in [6.07, 6.45) is 8.88. The minimum absolute atomic E-state index is 0. The predicted molar refractivity (Wildman–Crippen MR) is 202 cm³/mol. The van der Waals surface area contributed by atoms with Gasteiger partial charge in [0.15, 0.2) is 0 Å². The highest BCUT2D eigenvalue weighted by Gasteiger charge is 2.17. The van der Waals surface area contributed by atoms with Crippen molar-refractivity contribution in [2.24, 2.45) is 0 Å². The van der Waals surface area contributed by atoms with Crippen molar-refractivity contribution in [1.29, 1.82) is 0 Å². The largest absolute Gasteiger partial charge is 1.00 e. The molecular formula is C42H54Cl2N4O2. The van der Waals surface area contributed by atoms with E-state index in [1.54, 1.807) is 0 Å². The lowest BCUT2D eigenvalue weighted by atomic mass is 10.1. The number of anilines is 2. The van der Waals surface area contributed by atoms with Gasteiger partial charge in [-0.25, -0.2) is 0 Å². The molecule has 6 nitrogen and oxygen atoms in total. The fraction of sp³-hybridized carbons (Fsp3) is 0.333. The van der Waals surface area contributed by atoms with Crippen molar-refractivity contribution in [3.05, 3.63) is 130 Å². The van der Waals surface area contributed by atoms with Crippen molar-refractivity contribution in [1.82, 2.24) is 0 Å². The Morgan fingerprint density at radius 2 is 0.840 bits per heavy atom. The first-order valence-electron chi connectivity index (χ1n) is 17.3. The number of benzene rings is 4. The molecule has 0 aliphatic heterocycles. The lowest BCUT2D eigenvalue weighted by Gasteiger charge is -2.29. The van der Waals surface area contributed by atoms with Gasteiger partial charge in [-0.2, -0.15) is 0 Å². The van der Waals surface area contributed by atoms with Crippen molar-refractivity contribution in [2.75, 3.05) is 51.9 Å². The molecule has 8 heteroatoms. The second-order valence-corrected chi connectivity index (χ2v) is 14.2. The van der Waals surface area contributed by atoms with Crippen LogP contribution in [0.15, 0.2) is 97.1 Å². The molecule has 4 rings (SSSR count). The van der Waals surface area contributed by atoms with E-state index in [0.29, 0.717) is 11.1 Å². The van der Waals surface area contributed by atoms with Gasteiger partial charge in [-0.3, -0.25) is 9.59 Å². The van der Waals surface area contributed by atoms with Crippen LogP contribution in [0.5, 0.6) is 0 Å². The molecule has 0 saturated carbocycles. The minimum Gasteiger partial charge on any atom is -1.00 e. The number of unbranched alkanes of at least 4 members (excludes halogenated alkanes) is 2. The Balaban J connectivity index is 0.00000433. The molecule has 0 aromatic heterocycles. The summed E-state index contributed by atoms with van der Waals surface area (Å²) in [6.45, 7) is 8.62. The Bertz CT molecular complexity index is 1520. The Hall–Kier alpha value is -3.94. The number of nitrogens with zero attached hydrogens (tertiary/aromatic N) is 2. The Morgan fingerprint density at radius 3 is 1.14 bits per heavy atom. The standard InChI is InChI=1S/C42H52N4O2.2ClH/c1-7-9-29-45(3,4)31-35-13-21-37(22-14-35)41(47)43-39-25-17-33(18-26-39)11-12-34-19-27-40(28-20-34)44-42(48)38-23-15-36(16-24-38)32-46(5,6)30-10-8-2;;/h11-28H,7-10,29-32H2,1-6H3;2*1H/b12-11+;;. The summed E-state index contributed by atoms with van der Waals surface area (Å²) in [5, 5.41) is 6.01. The summed E-state index contributed by atoms with van der Waals surface area (Å²) in [7, 11) is 9.01. The van der Waals surface area contributed by atoms with Gasteiger partial charge in [0.25, 0.3) is 11.8 Å². The van der Waals surface area contributed by atoms with E-state index >= 15 is 0 Å². The smallest absolute Gasteiger partial charge is 0.255 e. The maximum Gasteiger partial charge on any atom is 0.255 e. The maximum atomic E-state index is 12.9. The van der Waals surface area contributed by atoms with Gasteiger partial charge in [0, 0.05) is 33.6 Å². The zero-order valence-electron chi connectivity index (χ0n) is 30.5. The highest BCUT2D eigenvalue weighted by molar-refractivity contribution is 6.05. The molecule has 2 N–H and O–H groups in total. The average Bonchev–Trinajstić information content (AvgIpc) is 3.07. The summed E-state index contributed by atoms with van der Waals surface area (Å²) in [5.41, 5.74) is 7.32. The van der Waals surface area contributed by atoms with Crippen molar-refractivity contribution >= 4 is 35.3 Å². The van der Waals surface area contributed by atoms with Crippen molar-refractivity contribution in [3.8, 4) is 0 Å². The first-order chi connectivity index (χ1) is 22.9. The van der Waals surface area contributed by atoms with E-state index in [1.807, 2.05) is 84.9 Å². The third kappa shape index (κ3) is 13.8. The summed E-state index contributed by atoms with van der Waals surface area (Å²) >= 11 is 0. The lowest BCUT2D eigenvalue weighted by molar-refractivity contribution is -0.903. The Morgan fingerprint density at radius 1 is 0.520 bits per heavy atom. The molecule has 0 spiro atoms. The zero-order valence-corrected chi connectivity index (χ0v) is 32.0. The highest BCUT2D eigenvalue weighted by Crippen LogP contribution is 2.18. The van der Waals surface area contributed by atoms with Gasteiger partial charge in [-0.1, -0.05) is 87.4 Å². The number of hydrogen-bond acceptors (Lipinski definition) is 2. The molecular weight excluding hydrogens is 663 g/mol. The third-order valence-corrected chi connectivity index (χ3v) is 8.69. The van der Waals surface area contributed by atoms with Crippen molar-refractivity contribution < 1.29 is 43.4 Å². The fourth-order valence-corrected chi connectivity index (χ4v) is 5.80. The molecule has 4 aromatic rings. The van der Waals surface area contributed by atoms with Crippen molar-refractivity contribution in [3.63, 3.8) is 0 Å². The number of nitrogens with one attached hydrogen (secondary N) is 2. The average molecular weight is 718 g/mol. The molecule has 0 heterocycles. The summed E-state index contributed by atoms with van der Waals surface area (Å²) in [4.78, 5) is 25.7. The van der Waals surface area contributed by atoms with Crippen LogP contribution < -0.4 is 35.4 Å². The topological polar surface area (TPSA) is 58.2 Å². The summed E-state index contributed by atoms with van der Waals surface area (Å²) < 4.78 is 1.88. The first-order valence-corrected chi connectivity index (χ1v) is 17.3. The first kappa shape index (κ1) is 42.2. The molecule has 0 bridgehead atoms. The molecule has 0 atom stereocenters. The van der Waals surface area contributed by atoms with Crippen LogP contribution in [-0.2, 0) is 13.1 Å². The predicted octanol–water partition coefficient (Wildman–Crippen LogP) is 3.12. The van der Waals surface area contributed by atoms with Crippen LogP contribution in [0, 0.1) is 0 Å². The number of amides is 2. The van der Waals surface area contributed by atoms with Crippen LogP contribution in [0.1, 0.15) is 82.5 Å². The van der Waals surface area contributed by atoms with Gasteiger partial charge in [0.1, 0.15) is 13.1 Å². The molecule has 0 aliphatic rings. The molecule has 0 fully saturated rings. The van der Waals surface area contributed by atoms with E-state index in [9.17, 15) is 9.59 Å². The van der Waals surface area contributed by atoms with Gasteiger partial charge in [-0.15, -0.1) is 0 Å². The lowest BCUT2D eigenvalue weighted by Crippen LogP contribution is -3.00. The van der Waals surface area contributed by atoms with Crippen LogP contribution in [0.25, 0.3) is 12.2 Å².